The molecule has 80 valence electrons. The van der Waals surface area contributed by atoms with Crippen molar-refractivity contribution in [1.29, 1.82) is 0 Å². The van der Waals surface area contributed by atoms with E-state index in [4.69, 9.17) is 0 Å². The van der Waals surface area contributed by atoms with E-state index < -0.39 is 0 Å². The summed E-state index contributed by atoms with van der Waals surface area (Å²) in [6.45, 7) is 4.36. The van der Waals surface area contributed by atoms with Gasteiger partial charge in [0.05, 0.1) is 6.10 Å². The maximum atomic E-state index is 10.1. The second-order valence-electron chi connectivity index (χ2n) is 3.77. The molecular weight excluding hydrogens is 192 g/mol. The van der Waals surface area contributed by atoms with Crippen molar-refractivity contribution in [2.75, 3.05) is 0 Å². The lowest BCUT2D eigenvalue weighted by molar-refractivity contribution is 0.102. The monoisotopic (exact) mass is 212 g/mol. The highest BCUT2D eigenvalue weighted by molar-refractivity contribution is 7.10. The summed E-state index contributed by atoms with van der Waals surface area (Å²) in [5.41, 5.74) is 0. The van der Waals surface area contributed by atoms with Gasteiger partial charge in [0.1, 0.15) is 0 Å². The Morgan fingerprint density at radius 2 is 2.21 bits per heavy atom. The van der Waals surface area contributed by atoms with Crippen molar-refractivity contribution < 1.29 is 5.11 Å². The van der Waals surface area contributed by atoms with Gasteiger partial charge in [0, 0.05) is 4.88 Å². The van der Waals surface area contributed by atoms with Crippen LogP contribution in [0.5, 0.6) is 0 Å². The van der Waals surface area contributed by atoms with Crippen LogP contribution in [0.25, 0.3) is 0 Å². The molecule has 1 rings (SSSR count). The average Bonchev–Trinajstić information content (AvgIpc) is 2.71. The third kappa shape index (κ3) is 3.10. The van der Waals surface area contributed by atoms with Crippen molar-refractivity contribution in [3.63, 3.8) is 0 Å². The predicted octanol–water partition coefficient (Wildman–Crippen LogP) is 4.00. The molecule has 0 saturated carbocycles. The minimum absolute atomic E-state index is 0.244. The molecule has 2 heteroatoms. The molecular formula is C12H20OS. The molecule has 0 fully saturated rings. The lowest BCUT2D eigenvalue weighted by atomic mass is 9.92. The zero-order chi connectivity index (χ0) is 10.4. The van der Waals surface area contributed by atoms with Crippen molar-refractivity contribution in [3.8, 4) is 0 Å². The van der Waals surface area contributed by atoms with E-state index in [0.29, 0.717) is 5.92 Å². The van der Waals surface area contributed by atoms with E-state index in [9.17, 15) is 5.11 Å². The molecule has 1 aromatic heterocycles. The summed E-state index contributed by atoms with van der Waals surface area (Å²) < 4.78 is 0. The third-order valence-corrected chi connectivity index (χ3v) is 3.68. The quantitative estimate of drug-likeness (QED) is 0.755. The summed E-state index contributed by atoms with van der Waals surface area (Å²) in [5.74, 6) is 0.439. The van der Waals surface area contributed by atoms with Crippen LogP contribution in [0.15, 0.2) is 17.5 Å². The normalized spacial score (nSPS) is 15.4. The highest BCUT2D eigenvalue weighted by Gasteiger charge is 2.19. The molecule has 0 radical (unpaired) electrons. The predicted molar refractivity (Wildman–Crippen MR) is 62.6 cm³/mol. The Labute approximate surface area is 90.8 Å². The first-order chi connectivity index (χ1) is 6.79. The summed E-state index contributed by atoms with van der Waals surface area (Å²) in [7, 11) is 0. The van der Waals surface area contributed by atoms with Gasteiger partial charge in [0.15, 0.2) is 0 Å². The fourth-order valence-electron chi connectivity index (χ4n) is 1.74. The summed E-state index contributed by atoms with van der Waals surface area (Å²) in [6.07, 6.45) is 4.41. The summed E-state index contributed by atoms with van der Waals surface area (Å²) >= 11 is 1.66. The molecule has 1 nitrogen and oxygen atoms in total. The molecule has 2 unspecified atom stereocenters. The number of aliphatic hydroxyl groups is 1. The third-order valence-electron chi connectivity index (χ3n) is 2.73. The molecule has 0 bridgehead atoms. The molecule has 0 saturated heterocycles. The number of hydrogen-bond donors (Lipinski definition) is 1. The molecule has 14 heavy (non-hydrogen) atoms. The topological polar surface area (TPSA) is 20.2 Å². The first kappa shape index (κ1) is 11.7. The second kappa shape index (κ2) is 6.20. The van der Waals surface area contributed by atoms with Crippen LogP contribution in [0, 0.1) is 5.92 Å². The maximum absolute atomic E-state index is 10.1. The van der Waals surface area contributed by atoms with Gasteiger partial charge in [-0.25, -0.2) is 0 Å². The molecule has 0 aromatic carbocycles. The number of rotatable bonds is 6. The van der Waals surface area contributed by atoms with Gasteiger partial charge in [-0.05, 0) is 23.8 Å². The van der Waals surface area contributed by atoms with Crippen LogP contribution in [0.4, 0.5) is 0 Å². The van der Waals surface area contributed by atoms with Gasteiger partial charge in [-0.1, -0.05) is 39.2 Å². The fraction of sp³-hybridized carbons (Fsp3) is 0.667. The Balaban J connectivity index is 2.51. The zero-order valence-corrected chi connectivity index (χ0v) is 9.89. The van der Waals surface area contributed by atoms with Gasteiger partial charge in [-0.2, -0.15) is 0 Å². The van der Waals surface area contributed by atoms with Crippen molar-refractivity contribution in [2.45, 2.75) is 45.6 Å². The fourth-order valence-corrected chi connectivity index (χ4v) is 2.55. The summed E-state index contributed by atoms with van der Waals surface area (Å²) in [5, 5.41) is 12.1. The molecule has 0 aliphatic carbocycles. The highest BCUT2D eigenvalue weighted by atomic mass is 32.1. The number of thiophene rings is 1. The van der Waals surface area contributed by atoms with Gasteiger partial charge in [-0.15, -0.1) is 11.3 Å². The van der Waals surface area contributed by atoms with Crippen LogP contribution in [-0.2, 0) is 0 Å². The van der Waals surface area contributed by atoms with Gasteiger partial charge in [0.2, 0.25) is 0 Å². The second-order valence-corrected chi connectivity index (χ2v) is 4.75. The van der Waals surface area contributed by atoms with E-state index in [1.54, 1.807) is 11.3 Å². The highest BCUT2D eigenvalue weighted by Crippen LogP contribution is 2.31. The van der Waals surface area contributed by atoms with E-state index in [1.165, 1.54) is 12.8 Å². The molecule has 2 atom stereocenters. The maximum Gasteiger partial charge on any atom is 0.0909 e. The minimum Gasteiger partial charge on any atom is -0.387 e. The Bertz CT molecular complexity index is 230. The van der Waals surface area contributed by atoms with E-state index >= 15 is 0 Å². The molecule has 1 heterocycles. The van der Waals surface area contributed by atoms with Crippen molar-refractivity contribution in [2.24, 2.45) is 5.92 Å². The number of aliphatic hydroxyl groups excluding tert-OH is 1. The van der Waals surface area contributed by atoms with E-state index in [1.807, 2.05) is 17.5 Å². The minimum atomic E-state index is -0.244. The Morgan fingerprint density at radius 3 is 2.71 bits per heavy atom. The van der Waals surface area contributed by atoms with Crippen LogP contribution in [0.3, 0.4) is 0 Å². The van der Waals surface area contributed by atoms with Gasteiger partial charge >= 0.3 is 0 Å². The molecule has 0 aliphatic heterocycles. The van der Waals surface area contributed by atoms with E-state index in [2.05, 4.69) is 13.8 Å². The van der Waals surface area contributed by atoms with Crippen LogP contribution >= 0.6 is 11.3 Å². The molecule has 1 N–H and O–H groups in total. The Hall–Kier alpha value is -0.340. The first-order valence-corrected chi connectivity index (χ1v) is 6.39. The van der Waals surface area contributed by atoms with Crippen LogP contribution in [-0.4, -0.2) is 5.11 Å². The van der Waals surface area contributed by atoms with Gasteiger partial charge in [0.25, 0.3) is 0 Å². The van der Waals surface area contributed by atoms with Crippen molar-refractivity contribution in [1.82, 2.24) is 0 Å². The largest absolute Gasteiger partial charge is 0.387 e. The SMILES string of the molecule is CCCCC(CC)C(O)c1cccs1. The molecule has 1 aromatic rings. The van der Waals surface area contributed by atoms with Crippen LogP contribution < -0.4 is 0 Å². The van der Waals surface area contributed by atoms with Gasteiger partial charge in [-0.3, -0.25) is 0 Å². The summed E-state index contributed by atoms with van der Waals surface area (Å²) in [4.78, 5) is 1.12. The number of unbranched alkanes of at least 4 members (excludes halogenated alkanes) is 1. The van der Waals surface area contributed by atoms with Gasteiger partial charge < -0.3 is 5.11 Å². The molecule has 0 amide bonds. The Morgan fingerprint density at radius 1 is 1.43 bits per heavy atom. The van der Waals surface area contributed by atoms with E-state index in [-0.39, 0.29) is 6.10 Å². The number of hydrogen-bond acceptors (Lipinski definition) is 2. The van der Waals surface area contributed by atoms with Crippen molar-refractivity contribution >= 4 is 11.3 Å². The Kier molecular flexibility index (Phi) is 5.20. The van der Waals surface area contributed by atoms with Crippen LogP contribution in [0.2, 0.25) is 0 Å². The lowest BCUT2D eigenvalue weighted by Crippen LogP contribution is -2.10. The average molecular weight is 212 g/mol. The van der Waals surface area contributed by atoms with Crippen molar-refractivity contribution in [3.05, 3.63) is 22.4 Å². The smallest absolute Gasteiger partial charge is 0.0909 e. The molecule has 0 aliphatic rings. The lowest BCUT2D eigenvalue weighted by Gasteiger charge is -2.20. The zero-order valence-electron chi connectivity index (χ0n) is 9.07. The summed E-state index contributed by atoms with van der Waals surface area (Å²) in [6, 6.07) is 4.04. The first-order valence-electron chi connectivity index (χ1n) is 5.51. The molecule has 0 spiro atoms. The van der Waals surface area contributed by atoms with Crippen LogP contribution in [0.1, 0.15) is 50.5 Å². The standard InChI is InChI=1S/C12H20OS/c1-3-5-7-10(4-2)12(13)11-8-6-9-14-11/h6,8-10,12-13H,3-5,7H2,1-2H3. The van der Waals surface area contributed by atoms with E-state index in [0.717, 1.165) is 17.7 Å².